The van der Waals surface area contributed by atoms with E-state index in [1.54, 1.807) is 0 Å². The van der Waals surface area contributed by atoms with Gasteiger partial charge in [0, 0.05) is 43.9 Å². The minimum atomic E-state index is -0.734. The first-order chi connectivity index (χ1) is 14.1. The van der Waals surface area contributed by atoms with Crippen molar-refractivity contribution in [2.24, 2.45) is 5.41 Å². The molecule has 1 heterocycles. The summed E-state index contributed by atoms with van der Waals surface area (Å²) in [4.78, 5) is 12.4. The molecule has 3 aliphatic rings. The molecule has 0 bridgehead atoms. The Balaban J connectivity index is 1.22. The van der Waals surface area contributed by atoms with Crippen LogP contribution in [-0.4, -0.2) is 43.2 Å². The second kappa shape index (κ2) is 7.15. The van der Waals surface area contributed by atoms with E-state index in [1.807, 2.05) is 24.3 Å². The highest BCUT2D eigenvalue weighted by atomic mass is 16.5. The molecule has 29 heavy (non-hydrogen) atoms. The van der Waals surface area contributed by atoms with E-state index in [2.05, 4.69) is 29.6 Å². The predicted octanol–water partition coefficient (Wildman–Crippen LogP) is 3.85. The number of hydrogen-bond acceptors (Lipinski definition) is 4. The molecule has 2 aromatic carbocycles. The first kappa shape index (κ1) is 18.6. The van der Waals surface area contributed by atoms with Crippen LogP contribution >= 0.6 is 0 Å². The Morgan fingerprint density at radius 3 is 2.17 bits per heavy atom. The minimum Gasteiger partial charge on any atom is -0.449 e. The van der Waals surface area contributed by atoms with Gasteiger partial charge in [0.25, 0.3) is 0 Å². The number of ether oxygens (including phenoxy) is 2. The zero-order valence-electron chi connectivity index (χ0n) is 16.5. The summed E-state index contributed by atoms with van der Waals surface area (Å²) in [5.74, 6) is 0.0581. The van der Waals surface area contributed by atoms with Crippen LogP contribution < -0.4 is 5.32 Å². The molecule has 0 spiro atoms. The van der Waals surface area contributed by atoms with Gasteiger partial charge in [-0.25, -0.2) is 4.79 Å². The Kier molecular flexibility index (Phi) is 4.60. The molecule has 5 nitrogen and oxygen atoms in total. The summed E-state index contributed by atoms with van der Waals surface area (Å²) in [5, 5.41) is 13.9. The van der Waals surface area contributed by atoms with Gasteiger partial charge in [0.1, 0.15) is 6.61 Å². The molecule has 5 rings (SSSR count). The summed E-state index contributed by atoms with van der Waals surface area (Å²) in [6.45, 7) is 1.94. The smallest absolute Gasteiger partial charge is 0.407 e. The Bertz CT molecular complexity index is 869. The van der Waals surface area contributed by atoms with Crippen molar-refractivity contribution in [3.05, 3.63) is 59.7 Å². The lowest BCUT2D eigenvalue weighted by atomic mass is 9.78. The maximum Gasteiger partial charge on any atom is 0.407 e. The number of carbonyl (C=O) groups is 1. The number of alkyl carbamates (subject to hydrolysis) is 1. The van der Waals surface area contributed by atoms with Gasteiger partial charge in [0.15, 0.2) is 0 Å². The van der Waals surface area contributed by atoms with E-state index >= 15 is 0 Å². The maximum absolute atomic E-state index is 12.4. The lowest BCUT2D eigenvalue weighted by Crippen LogP contribution is -2.49. The molecule has 0 unspecified atom stereocenters. The highest BCUT2D eigenvalue weighted by molar-refractivity contribution is 5.79. The van der Waals surface area contributed by atoms with E-state index in [-0.39, 0.29) is 11.3 Å². The van der Waals surface area contributed by atoms with Crippen molar-refractivity contribution in [2.45, 2.75) is 37.2 Å². The highest BCUT2D eigenvalue weighted by Gasteiger charge is 2.58. The average Bonchev–Trinajstić information content (AvgIpc) is 3.49. The zero-order chi connectivity index (χ0) is 19.9. The molecular formula is C24H27NO4. The standard InChI is InChI=1S/C24H27NO4/c26-22(25-16-23(9-10-23)24(27)11-13-28-14-12-24)29-15-21-19-7-3-1-5-17(19)18-6-2-4-8-20(18)21/h1-8,21,27H,9-16H2,(H,25,26). The molecule has 0 radical (unpaired) electrons. The fraction of sp³-hybridized carbons (Fsp3) is 0.458. The van der Waals surface area contributed by atoms with Gasteiger partial charge in [-0.05, 0) is 35.1 Å². The van der Waals surface area contributed by atoms with Crippen LogP contribution in [0.15, 0.2) is 48.5 Å². The summed E-state index contributed by atoms with van der Waals surface area (Å²) in [5.41, 5.74) is 3.89. The Hall–Kier alpha value is -2.37. The normalized spacial score (nSPS) is 21.1. The van der Waals surface area contributed by atoms with E-state index in [4.69, 9.17) is 9.47 Å². The monoisotopic (exact) mass is 393 g/mol. The SMILES string of the molecule is O=C(NCC1(C2(O)CCOCC2)CC1)OCC1c2ccccc2-c2ccccc21. The van der Waals surface area contributed by atoms with Gasteiger partial charge < -0.3 is 19.9 Å². The van der Waals surface area contributed by atoms with Gasteiger partial charge >= 0.3 is 6.09 Å². The third kappa shape index (κ3) is 3.22. The van der Waals surface area contributed by atoms with Crippen molar-refractivity contribution in [3.63, 3.8) is 0 Å². The quantitative estimate of drug-likeness (QED) is 0.810. The van der Waals surface area contributed by atoms with Gasteiger partial charge in [0.05, 0.1) is 5.60 Å². The van der Waals surface area contributed by atoms with Crippen molar-refractivity contribution in [1.29, 1.82) is 0 Å². The van der Waals surface area contributed by atoms with Crippen molar-refractivity contribution in [1.82, 2.24) is 5.32 Å². The van der Waals surface area contributed by atoms with Crippen LogP contribution in [0.1, 0.15) is 42.7 Å². The first-order valence-corrected chi connectivity index (χ1v) is 10.5. The number of fused-ring (bicyclic) bond motifs is 3. The molecule has 152 valence electrons. The minimum absolute atomic E-state index is 0.0581. The van der Waals surface area contributed by atoms with E-state index in [0.29, 0.717) is 39.2 Å². The third-order valence-corrected chi connectivity index (χ3v) is 7.08. The van der Waals surface area contributed by atoms with Crippen LogP contribution in [0.2, 0.25) is 0 Å². The van der Waals surface area contributed by atoms with Crippen LogP contribution in [0.25, 0.3) is 11.1 Å². The second-order valence-electron chi connectivity index (χ2n) is 8.60. The van der Waals surface area contributed by atoms with Crippen molar-refractivity contribution in [2.75, 3.05) is 26.4 Å². The van der Waals surface area contributed by atoms with Crippen LogP contribution in [0.4, 0.5) is 4.79 Å². The van der Waals surface area contributed by atoms with Gasteiger partial charge in [-0.3, -0.25) is 0 Å². The lowest BCUT2D eigenvalue weighted by Gasteiger charge is -2.39. The van der Waals surface area contributed by atoms with Crippen LogP contribution in [-0.2, 0) is 9.47 Å². The fourth-order valence-corrected chi connectivity index (χ4v) is 5.09. The maximum atomic E-state index is 12.4. The van der Waals surface area contributed by atoms with Crippen molar-refractivity contribution >= 4 is 6.09 Å². The van der Waals surface area contributed by atoms with E-state index in [0.717, 1.165) is 12.8 Å². The number of rotatable bonds is 5. The largest absolute Gasteiger partial charge is 0.449 e. The van der Waals surface area contributed by atoms with Crippen LogP contribution in [0, 0.1) is 5.41 Å². The van der Waals surface area contributed by atoms with Gasteiger partial charge in [-0.1, -0.05) is 48.5 Å². The molecule has 0 atom stereocenters. The highest BCUT2D eigenvalue weighted by Crippen LogP contribution is 2.57. The molecule has 5 heteroatoms. The van der Waals surface area contributed by atoms with Crippen molar-refractivity contribution in [3.8, 4) is 11.1 Å². The summed E-state index contributed by atoms with van der Waals surface area (Å²) in [6.07, 6.45) is 2.74. The molecular weight excluding hydrogens is 366 g/mol. The molecule has 0 aromatic heterocycles. The average molecular weight is 393 g/mol. The van der Waals surface area contributed by atoms with Crippen molar-refractivity contribution < 1.29 is 19.4 Å². The zero-order valence-corrected chi connectivity index (χ0v) is 16.5. The summed E-state index contributed by atoms with van der Waals surface area (Å²) < 4.78 is 11.0. The summed E-state index contributed by atoms with van der Waals surface area (Å²) in [6, 6.07) is 16.6. The van der Waals surface area contributed by atoms with Crippen LogP contribution in [0.3, 0.4) is 0 Å². The third-order valence-electron chi connectivity index (χ3n) is 7.08. The molecule has 1 saturated carbocycles. The number of carbonyl (C=O) groups excluding carboxylic acids is 1. The molecule has 2 fully saturated rings. The molecule has 1 saturated heterocycles. The molecule has 2 aromatic rings. The molecule has 2 N–H and O–H groups in total. The van der Waals surface area contributed by atoms with E-state index < -0.39 is 11.7 Å². The molecule has 1 amide bonds. The molecule has 2 aliphatic carbocycles. The van der Waals surface area contributed by atoms with E-state index in [9.17, 15) is 9.90 Å². The fourth-order valence-electron chi connectivity index (χ4n) is 5.09. The number of aliphatic hydroxyl groups is 1. The molecule has 1 aliphatic heterocycles. The van der Waals surface area contributed by atoms with Crippen LogP contribution in [0.5, 0.6) is 0 Å². The first-order valence-electron chi connectivity index (χ1n) is 10.5. The number of hydrogen-bond donors (Lipinski definition) is 2. The number of nitrogens with one attached hydrogen (secondary N) is 1. The second-order valence-corrected chi connectivity index (χ2v) is 8.60. The Labute approximate surface area is 171 Å². The summed E-state index contributed by atoms with van der Waals surface area (Å²) >= 11 is 0. The van der Waals surface area contributed by atoms with E-state index in [1.165, 1.54) is 22.3 Å². The lowest BCUT2D eigenvalue weighted by molar-refractivity contribution is -0.108. The Morgan fingerprint density at radius 1 is 1.00 bits per heavy atom. The Morgan fingerprint density at radius 2 is 1.59 bits per heavy atom. The van der Waals surface area contributed by atoms with Gasteiger partial charge in [0.2, 0.25) is 0 Å². The summed E-state index contributed by atoms with van der Waals surface area (Å²) in [7, 11) is 0. The number of benzene rings is 2. The topological polar surface area (TPSA) is 67.8 Å². The van der Waals surface area contributed by atoms with Gasteiger partial charge in [-0.2, -0.15) is 0 Å². The predicted molar refractivity (Wildman–Crippen MR) is 110 cm³/mol. The number of amides is 1. The van der Waals surface area contributed by atoms with Gasteiger partial charge in [-0.15, -0.1) is 0 Å².